The van der Waals surface area contributed by atoms with E-state index in [0.717, 1.165) is 23.4 Å². The van der Waals surface area contributed by atoms with Gasteiger partial charge in [0.1, 0.15) is 0 Å². The zero-order chi connectivity index (χ0) is 25.4. The first-order valence-electron chi connectivity index (χ1n) is 11.0. The number of aliphatic hydroxyl groups is 1. The summed E-state index contributed by atoms with van der Waals surface area (Å²) in [6, 6.07) is 14.1. The lowest BCUT2D eigenvalue weighted by atomic mass is 9.93. The molecule has 0 unspecified atom stereocenters. The van der Waals surface area contributed by atoms with E-state index < -0.39 is 23.1 Å². The lowest BCUT2D eigenvalue weighted by Gasteiger charge is -2.27. The molecular weight excluding hydrogens is 459 g/mol. The van der Waals surface area contributed by atoms with Crippen LogP contribution >= 0.6 is 0 Å². The van der Waals surface area contributed by atoms with Crippen LogP contribution in [-0.4, -0.2) is 33.4 Å². The molecule has 2 N–H and O–H groups in total. The monoisotopic (exact) mass is 483 g/mol. The third-order valence-corrected chi connectivity index (χ3v) is 5.99. The van der Waals surface area contributed by atoms with Crippen molar-refractivity contribution in [3.05, 3.63) is 83.0 Å². The number of fused-ring (bicyclic) bond motifs is 1. The number of alkyl halides is 3. The molecule has 2 aromatic carbocycles. The SMILES string of the molecule is CC(C)(CO)C(=O)N1Cc2ccc(NC(=O)c3ccccc3-c3ccc(C(F)(F)F)cn3)cc2C1. The number of aromatic nitrogens is 1. The molecule has 1 aliphatic rings. The highest BCUT2D eigenvalue weighted by atomic mass is 19.4. The highest BCUT2D eigenvalue weighted by Gasteiger charge is 2.34. The molecule has 6 nitrogen and oxygen atoms in total. The van der Waals surface area contributed by atoms with Crippen molar-refractivity contribution >= 4 is 17.5 Å². The second-order valence-corrected chi connectivity index (χ2v) is 9.12. The van der Waals surface area contributed by atoms with Gasteiger partial charge in [-0.25, -0.2) is 0 Å². The van der Waals surface area contributed by atoms with Crippen molar-refractivity contribution in [2.75, 3.05) is 11.9 Å². The Bertz CT molecular complexity index is 1270. The van der Waals surface area contributed by atoms with E-state index in [-0.39, 0.29) is 23.8 Å². The van der Waals surface area contributed by atoms with Crippen molar-refractivity contribution in [3.8, 4) is 11.3 Å². The molecule has 0 radical (unpaired) electrons. The van der Waals surface area contributed by atoms with Crippen molar-refractivity contribution in [2.45, 2.75) is 33.1 Å². The molecule has 0 bridgehead atoms. The zero-order valence-corrected chi connectivity index (χ0v) is 19.2. The summed E-state index contributed by atoms with van der Waals surface area (Å²) in [5, 5.41) is 12.3. The highest BCUT2D eigenvalue weighted by molar-refractivity contribution is 6.08. The minimum atomic E-state index is -4.50. The molecule has 3 aromatic rings. The van der Waals surface area contributed by atoms with Gasteiger partial charge in [-0.3, -0.25) is 14.6 Å². The van der Waals surface area contributed by atoms with Gasteiger partial charge in [0.25, 0.3) is 5.91 Å². The van der Waals surface area contributed by atoms with Gasteiger partial charge in [0.2, 0.25) is 5.91 Å². The Morgan fingerprint density at radius 1 is 1.03 bits per heavy atom. The number of pyridine rings is 1. The van der Waals surface area contributed by atoms with E-state index in [1.807, 2.05) is 6.07 Å². The topological polar surface area (TPSA) is 82.5 Å². The molecule has 2 heterocycles. The van der Waals surface area contributed by atoms with Gasteiger partial charge >= 0.3 is 6.18 Å². The lowest BCUT2D eigenvalue weighted by molar-refractivity contribution is -0.143. The molecule has 2 amide bonds. The Morgan fingerprint density at radius 3 is 2.40 bits per heavy atom. The first-order valence-corrected chi connectivity index (χ1v) is 11.0. The molecule has 35 heavy (non-hydrogen) atoms. The Labute approximate surface area is 200 Å². The average Bonchev–Trinajstić information content (AvgIpc) is 3.26. The molecule has 1 aliphatic heterocycles. The van der Waals surface area contributed by atoms with Gasteiger partial charge in [0.05, 0.1) is 23.3 Å². The lowest BCUT2D eigenvalue weighted by Crippen LogP contribution is -2.39. The van der Waals surface area contributed by atoms with Crippen molar-refractivity contribution in [3.63, 3.8) is 0 Å². The summed E-state index contributed by atoms with van der Waals surface area (Å²) in [5.74, 6) is -0.589. The largest absolute Gasteiger partial charge is 0.417 e. The number of hydrogen-bond donors (Lipinski definition) is 2. The zero-order valence-electron chi connectivity index (χ0n) is 19.2. The summed E-state index contributed by atoms with van der Waals surface area (Å²) in [5.41, 5.74) is 1.55. The first kappa shape index (κ1) is 24.4. The molecular formula is C26H24F3N3O3. The molecule has 0 atom stereocenters. The van der Waals surface area contributed by atoms with Crippen LogP contribution in [0.1, 0.15) is 40.9 Å². The summed E-state index contributed by atoms with van der Waals surface area (Å²) in [6.45, 7) is 3.91. The summed E-state index contributed by atoms with van der Waals surface area (Å²) in [4.78, 5) is 31.3. The van der Waals surface area contributed by atoms with Gasteiger partial charge in [0, 0.05) is 36.1 Å². The van der Waals surface area contributed by atoms with Crippen molar-refractivity contribution < 1.29 is 27.9 Å². The molecule has 0 saturated heterocycles. The number of carbonyl (C=O) groups is 2. The minimum absolute atomic E-state index is 0.153. The number of amides is 2. The van der Waals surface area contributed by atoms with E-state index in [9.17, 15) is 27.9 Å². The van der Waals surface area contributed by atoms with Gasteiger partial charge in [-0.2, -0.15) is 13.2 Å². The molecule has 0 spiro atoms. The second-order valence-electron chi connectivity index (χ2n) is 9.12. The van der Waals surface area contributed by atoms with E-state index in [0.29, 0.717) is 24.3 Å². The smallest absolute Gasteiger partial charge is 0.395 e. The fourth-order valence-corrected chi connectivity index (χ4v) is 3.94. The summed E-state index contributed by atoms with van der Waals surface area (Å²) in [7, 11) is 0. The van der Waals surface area contributed by atoms with Gasteiger partial charge in [-0.05, 0) is 55.3 Å². The Morgan fingerprint density at radius 2 is 1.74 bits per heavy atom. The normalized spacial score (nSPS) is 13.5. The molecule has 9 heteroatoms. The summed E-state index contributed by atoms with van der Waals surface area (Å²) >= 11 is 0. The van der Waals surface area contributed by atoms with Crippen molar-refractivity contribution in [1.82, 2.24) is 9.88 Å². The number of hydrogen-bond acceptors (Lipinski definition) is 4. The maximum atomic E-state index is 13.1. The van der Waals surface area contributed by atoms with E-state index in [1.54, 1.807) is 55.1 Å². The van der Waals surface area contributed by atoms with Gasteiger partial charge in [-0.15, -0.1) is 0 Å². The molecule has 1 aromatic heterocycles. The Kier molecular flexibility index (Phi) is 6.38. The molecule has 0 fully saturated rings. The van der Waals surface area contributed by atoms with Gasteiger partial charge in [0.15, 0.2) is 0 Å². The van der Waals surface area contributed by atoms with Crippen LogP contribution in [0.25, 0.3) is 11.3 Å². The van der Waals surface area contributed by atoms with Crippen LogP contribution < -0.4 is 5.32 Å². The fraction of sp³-hybridized carbons (Fsp3) is 0.269. The standard InChI is InChI=1S/C26H24F3N3O3/c1-25(2,15-33)24(35)32-13-16-7-9-19(11-17(16)14-32)31-23(34)21-6-4-3-5-20(21)22-10-8-18(12-30-22)26(27,28)29/h3-12,33H,13-15H2,1-2H3,(H,31,34). The Balaban J connectivity index is 1.53. The Hall–Kier alpha value is -3.72. The molecule has 0 saturated carbocycles. The van der Waals surface area contributed by atoms with Crippen LogP contribution in [0.3, 0.4) is 0 Å². The van der Waals surface area contributed by atoms with Crippen molar-refractivity contribution in [2.24, 2.45) is 5.41 Å². The quantitative estimate of drug-likeness (QED) is 0.542. The van der Waals surface area contributed by atoms with Crippen LogP contribution in [0.4, 0.5) is 18.9 Å². The maximum Gasteiger partial charge on any atom is 0.417 e. The molecule has 0 aliphatic carbocycles. The van der Waals surface area contributed by atoms with Crippen molar-refractivity contribution in [1.29, 1.82) is 0 Å². The number of rotatable bonds is 5. The first-order chi connectivity index (χ1) is 16.5. The predicted molar refractivity (Wildman–Crippen MR) is 124 cm³/mol. The van der Waals surface area contributed by atoms with E-state index in [2.05, 4.69) is 10.3 Å². The summed E-state index contributed by atoms with van der Waals surface area (Å²) < 4.78 is 38.6. The second kappa shape index (κ2) is 9.14. The number of halogens is 3. The van der Waals surface area contributed by atoms with Crippen LogP contribution in [-0.2, 0) is 24.1 Å². The van der Waals surface area contributed by atoms with E-state index >= 15 is 0 Å². The van der Waals surface area contributed by atoms with Crippen LogP contribution in [0, 0.1) is 5.41 Å². The number of anilines is 1. The fourth-order valence-electron chi connectivity index (χ4n) is 3.94. The van der Waals surface area contributed by atoms with Gasteiger partial charge < -0.3 is 15.3 Å². The predicted octanol–water partition coefficient (Wildman–Crippen LogP) is 4.88. The number of aliphatic hydroxyl groups excluding tert-OH is 1. The third-order valence-electron chi connectivity index (χ3n) is 5.99. The highest BCUT2D eigenvalue weighted by Crippen LogP contribution is 2.32. The number of benzene rings is 2. The van der Waals surface area contributed by atoms with E-state index in [1.165, 1.54) is 6.07 Å². The maximum absolute atomic E-state index is 13.1. The number of carbonyl (C=O) groups excluding carboxylic acids is 2. The number of nitrogens with one attached hydrogen (secondary N) is 1. The van der Waals surface area contributed by atoms with Crippen LogP contribution in [0.2, 0.25) is 0 Å². The number of nitrogens with zero attached hydrogens (tertiary/aromatic N) is 2. The van der Waals surface area contributed by atoms with E-state index in [4.69, 9.17) is 0 Å². The molecule has 182 valence electrons. The van der Waals surface area contributed by atoms with Crippen LogP contribution in [0.5, 0.6) is 0 Å². The summed E-state index contributed by atoms with van der Waals surface area (Å²) in [6.07, 6.45) is -3.75. The minimum Gasteiger partial charge on any atom is -0.395 e. The molecule has 4 rings (SSSR count). The average molecular weight is 483 g/mol. The third kappa shape index (κ3) is 5.05. The van der Waals surface area contributed by atoms with Crippen LogP contribution in [0.15, 0.2) is 60.8 Å². The van der Waals surface area contributed by atoms with Gasteiger partial charge in [-0.1, -0.05) is 24.3 Å².